The molecule has 0 saturated carbocycles. The Kier molecular flexibility index (Phi) is 4.49. The summed E-state index contributed by atoms with van der Waals surface area (Å²) in [6.07, 6.45) is 2.05. The number of anilines is 1. The van der Waals surface area contributed by atoms with Crippen LogP contribution in [0.3, 0.4) is 0 Å². The number of benzene rings is 2. The van der Waals surface area contributed by atoms with Crippen LogP contribution in [0.5, 0.6) is 11.5 Å². The van der Waals surface area contributed by atoms with Crippen molar-refractivity contribution in [3.05, 3.63) is 64.7 Å². The normalized spacial score (nSPS) is 14.5. The van der Waals surface area contributed by atoms with Gasteiger partial charge < -0.3 is 19.7 Å². The molecule has 2 aliphatic rings. The molecule has 0 saturated heterocycles. The quantitative estimate of drug-likeness (QED) is 0.824. The third-order valence-electron chi connectivity index (χ3n) is 4.68. The van der Waals surface area contributed by atoms with Crippen LogP contribution >= 0.6 is 11.6 Å². The van der Waals surface area contributed by atoms with Crippen molar-refractivity contribution >= 4 is 29.1 Å². The van der Waals surface area contributed by atoms with Gasteiger partial charge in [-0.1, -0.05) is 24.2 Å². The van der Waals surface area contributed by atoms with Crippen molar-refractivity contribution in [3.8, 4) is 11.5 Å². The lowest BCUT2D eigenvalue weighted by Gasteiger charge is -2.28. The minimum Gasteiger partial charge on any atom is -0.454 e. The van der Waals surface area contributed by atoms with E-state index in [1.165, 1.54) is 6.08 Å². The third-order valence-corrected chi connectivity index (χ3v) is 4.99. The Bertz CT molecular complexity index is 957. The number of ether oxygens (including phenoxy) is 2. The Hall–Kier alpha value is -2.99. The Labute approximate surface area is 161 Å². The highest BCUT2D eigenvalue weighted by molar-refractivity contribution is 6.35. The summed E-state index contributed by atoms with van der Waals surface area (Å²) < 4.78 is 10.7. The predicted molar refractivity (Wildman–Crippen MR) is 101 cm³/mol. The average molecular weight is 385 g/mol. The van der Waals surface area contributed by atoms with Crippen LogP contribution in [0.15, 0.2) is 43.0 Å². The molecule has 2 aromatic carbocycles. The zero-order chi connectivity index (χ0) is 19.0. The monoisotopic (exact) mass is 384 g/mol. The molecule has 2 aliphatic heterocycles. The fraction of sp³-hybridized carbons (Fsp3) is 0.200. The van der Waals surface area contributed by atoms with E-state index in [2.05, 4.69) is 11.9 Å². The molecular weight excluding hydrogens is 368 g/mol. The minimum absolute atomic E-state index is 0.0642. The van der Waals surface area contributed by atoms with Crippen LogP contribution in [0.1, 0.15) is 21.5 Å². The van der Waals surface area contributed by atoms with Gasteiger partial charge in [0.1, 0.15) is 5.56 Å². The van der Waals surface area contributed by atoms with Crippen LogP contribution < -0.4 is 14.8 Å². The van der Waals surface area contributed by atoms with E-state index in [9.17, 15) is 9.59 Å². The predicted octanol–water partition coefficient (Wildman–Crippen LogP) is 3.39. The number of rotatable bonds is 3. The van der Waals surface area contributed by atoms with Gasteiger partial charge in [0.15, 0.2) is 11.5 Å². The summed E-state index contributed by atoms with van der Waals surface area (Å²) in [6.45, 7) is 4.76. The lowest BCUT2D eigenvalue weighted by Crippen LogP contribution is -2.34. The Morgan fingerprint density at radius 2 is 2.04 bits per heavy atom. The van der Waals surface area contributed by atoms with Gasteiger partial charge in [-0.25, -0.2) is 0 Å². The first-order chi connectivity index (χ1) is 13.1. The van der Waals surface area contributed by atoms with Gasteiger partial charge in [0, 0.05) is 18.8 Å². The van der Waals surface area contributed by atoms with Crippen LogP contribution in [0.4, 0.5) is 5.69 Å². The fourth-order valence-corrected chi connectivity index (χ4v) is 3.54. The Morgan fingerprint density at radius 3 is 2.85 bits per heavy atom. The number of nitrogens with one attached hydrogen (secondary N) is 1. The largest absolute Gasteiger partial charge is 0.454 e. The highest BCUT2D eigenvalue weighted by Crippen LogP contribution is 2.39. The van der Waals surface area contributed by atoms with Gasteiger partial charge >= 0.3 is 0 Å². The van der Waals surface area contributed by atoms with Crippen molar-refractivity contribution in [2.45, 2.75) is 13.0 Å². The molecule has 0 spiro atoms. The first-order valence-corrected chi connectivity index (χ1v) is 8.87. The molecule has 7 heteroatoms. The van der Waals surface area contributed by atoms with Crippen LogP contribution in [-0.2, 0) is 17.8 Å². The number of fused-ring (bicyclic) bond motifs is 2. The number of carbonyl (C=O) groups is 2. The second kappa shape index (κ2) is 6.96. The maximum Gasteiger partial charge on any atom is 0.261 e. The van der Waals surface area contributed by atoms with Gasteiger partial charge in [-0.3, -0.25) is 9.59 Å². The summed E-state index contributed by atoms with van der Waals surface area (Å²) in [5, 5.41) is 3.17. The first kappa shape index (κ1) is 17.4. The van der Waals surface area contributed by atoms with Crippen molar-refractivity contribution in [3.63, 3.8) is 0 Å². The van der Waals surface area contributed by atoms with E-state index < -0.39 is 0 Å². The number of nitrogens with zero attached hydrogens (tertiary/aromatic N) is 1. The van der Waals surface area contributed by atoms with Gasteiger partial charge in [-0.05, 0) is 47.9 Å². The molecule has 0 fully saturated rings. The summed E-state index contributed by atoms with van der Waals surface area (Å²) in [5.74, 6) is 0.424. The molecule has 0 atom stereocenters. The van der Waals surface area contributed by atoms with E-state index in [0.29, 0.717) is 35.3 Å². The van der Waals surface area contributed by atoms with Crippen molar-refractivity contribution in [1.82, 2.24) is 4.90 Å². The molecule has 0 unspecified atom stereocenters. The summed E-state index contributed by atoms with van der Waals surface area (Å²) in [7, 11) is 0. The van der Waals surface area contributed by atoms with Crippen LogP contribution in [0, 0.1) is 0 Å². The van der Waals surface area contributed by atoms with E-state index in [-0.39, 0.29) is 24.2 Å². The van der Waals surface area contributed by atoms with Crippen molar-refractivity contribution in [2.24, 2.45) is 0 Å². The molecule has 4 rings (SSSR count). The molecule has 2 heterocycles. The van der Waals surface area contributed by atoms with E-state index in [0.717, 1.165) is 17.5 Å². The van der Waals surface area contributed by atoms with E-state index in [1.807, 2.05) is 18.2 Å². The van der Waals surface area contributed by atoms with Crippen LogP contribution in [-0.4, -0.2) is 30.1 Å². The SMILES string of the molecule is C=CC(=O)N1CCc2cc(NC(=O)c3c(Cl)ccc4c3OCO4)ccc2C1. The highest BCUT2D eigenvalue weighted by atomic mass is 35.5. The zero-order valence-electron chi connectivity index (χ0n) is 14.5. The second-order valence-corrected chi connectivity index (χ2v) is 6.71. The minimum atomic E-state index is -0.360. The number of hydrogen-bond acceptors (Lipinski definition) is 4. The molecule has 138 valence electrons. The molecule has 0 aliphatic carbocycles. The average Bonchev–Trinajstić information content (AvgIpc) is 3.15. The van der Waals surface area contributed by atoms with Crippen LogP contribution in [0.2, 0.25) is 5.02 Å². The maximum absolute atomic E-state index is 12.7. The topological polar surface area (TPSA) is 67.9 Å². The molecule has 27 heavy (non-hydrogen) atoms. The van der Waals surface area contributed by atoms with Crippen molar-refractivity contribution in [2.75, 3.05) is 18.7 Å². The molecule has 0 bridgehead atoms. The molecule has 0 aromatic heterocycles. The Balaban J connectivity index is 1.55. The zero-order valence-corrected chi connectivity index (χ0v) is 15.2. The summed E-state index contributed by atoms with van der Waals surface area (Å²) in [4.78, 5) is 26.3. The van der Waals surface area contributed by atoms with E-state index in [4.69, 9.17) is 21.1 Å². The summed E-state index contributed by atoms with van der Waals surface area (Å²) in [6, 6.07) is 8.95. The fourth-order valence-electron chi connectivity index (χ4n) is 3.30. The molecule has 2 amide bonds. The number of hydrogen-bond donors (Lipinski definition) is 1. The molecule has 1 N–H and O–H groups in total. The second-order valence-electron chi connectivity index (χ2n) is 6.31. The maximum atomic E-state index is 12.7. The van der Waals surface area contributed by atoms with Gasteiger partial charge in [0.25, 0.3) is 5.91 Å². The number of halogens is 1. The first-order valence-electron chi connectivity index (χ1n) is 8.49. The molecule has 0 radical (unpaired) electrons. The molecule has 2 aromatic rings. The van der Waals surface area contributed by atoms with Gasteiger partial charge in [0.2, 0.25) is 12.7 Å². The van der Waals surface area contributed by atoms with Crippen molar-refractivity contribution < 1.29 is 19.1 Å². The lowest BCUT2D eigenvalue weighted by atomic mass is 9.99. The van der Waals surface area contributed by atoms with Gasteiger partial charge in [0.05, 0.1) is 5.02 Å². The summed E-state index contributed by atoms with van der Waals surface area (Å²) >= 11 is 6.20. The Morgan fingerprint density at radius 1 is 1.19 bits per heavy atom. The summed E-state index contributed by atoms with van der Waals surface area (Å²) in [5.41, 5.74) is 3.08. The van der Waals surface area contributed by atoms with E-state index in [1.54, 1.807) is 17.0 Å². The van der Waals surface area contributed by atoms with E-state index >= 15 is 0 Å². The van der Waals surface area contributed by atoms with Gasteiger partial charge in [-0.2, -0.15) is 0 Å². The smallest absolute Gasteiger partial charge is 0.261 e. The number of amides is 2. The highest BCUT2D eigenvalue weighted by Gasteiger charge is 2.26. The number of carbonyl (C=O) groups excluding carboxylic acids is 2. The van der Waals surface area contributed by atoms with Gasteiger partial charge in [-0.15, -0.1) is 0 Å². The molecular formula is C20H17ClN2O4. The van der Waals surface area contributed by atoms with Crippen molar-refractivity contribution in [1.29, 1.82) is 0 Å². The van der Waals surface area contributed by atoms with Crippen LogP contribution in [0.25, 0.3) is 0 Å². The standard InChI is InChI=1S/C20H17ClN2O4/c1-2-17(24)23-8-7-12-9-14(4-3-13(12)10-23)22-20(25)18-15(21)5-6-16-19(18)27-11-26-16/h2-6,9H,1,7-8,10-11H2,(H,22,25). The molecule has 6 nitrogen and oxygen atoms in total. The third kappa shape index (κ3) is 3.24. The lowest BCUT2D eigenvalue weighted by molar-refractivity contribution is -0.126.